The second-order valence-electron chi connectivity index (χ2n) is 5.48. The summed E-state index contributed by atoms with van der Waals surface area (Å²) in [6.45, 7) is 5.22. The Bertz CT molecular complexity index is 534. The van der Waals surface area contributed by atoms with Gasteiger partial charge >= 0.3 is 0 Å². The van der Waals surface area contributed by atoms with E-state index in [2.05, 4.69) is 61.6 Å². The standard InChI is InChI=1S/C17H25N3S/c1-4-11-18-12-10-15-17(14-8-6-5-7-9-14)19-16(21-15)13-20(2)3/h5-9,18H,4,10-13H2,1-3H3. The van der Waals surface area contributed by atoms with Crippen LogP contribution in [0.3, 0.4) is 0 Å². The Labute approximate surface area is 132 Å². The molecule has 3 nitrogen and oxygen atoms in total. The highest BCUT2D eigenvalue weighted by molar-refractivity contribution is 7.12. The summed E-state index contributed by atoms with van der Waals surface area (Å²) in [4.78, 5) is 8.43. The van der Waals surface area contributed by atoms with E-state index in [-0.39, 0.29) is 0 Å². The smallest absolute Gasteiger partial charge is 0.108 e. The van der Waals surface area contributed by atoms with Crippen LogP contribution in [0.25, 0.3) is 11.3 Å². The first kappa shape index (κ1) is 16.1. The first-order valence-corrected chi connectivity index (χ1v) is 8.41. The fourth-order valence-corrected chi connectivity index (χ4v) is 3.44. The van der Waals surface area contributed by atoms with Crippen molar-refractivity contribution in [3.05, 3.63) is 40.2 Å². The number of benzene rings is 1. The maximum atomic E-state index is 4.87. The van der Waals surface area contributed by atoms with Gasteiger partial charge in [-0.1, -0.05) is 37.3 Å². The minimum absolute atomic E-state index is 0.910. The molecule has 21 heavy (non-hydrogen) atoms. The Morgan fingerprint density at radius 3 is 2.57 bits per heavy atom. The number of rotatable bonds is 8. The summed E-state index contributed by atoms with van der Waals surface area (Å²) in [5.74, 6) is 0. The maximum absolute atomic E-state index is 4.87. The van der Waals surface area contributed by atoms with Crippen LogP contribution in [-0.2, 0) is 13.0 Å². The molecule has 0 bridgehead atoms. The van der Waals surface area contributed by atoms with Crippen molar-refractivity contribution in [1.29, 1.82) is 0 Å². The third-order valence-corrected chi connectivity index (χ3v) is 4.30. The Morgan fingerprint density at radius 2 is 1.90 bits per heavy atom. The lowest BCUT2D eigenvalue weighted by Gasteiger charge is -2.04. The monoisotopic (exact) mass is 303 g/mol. The maximum Gasteiger partial charge on any atom is 0.108 e. The molecule has 1 heterocycles. The minimum Gasteiger partial charge on any atom is -0.316 e. The van der Waals surface area contributed by atoms with Crippen molar-refractivity contribution in [2.24, 2.45) is 0 Å². The summed E-state index contributed by atoms with van der Waals surface area (Å²) < 4.78 is 0. The van der Waals surface area contributed by atoms with Crippen molar-refractivity contribution in [2.75, 3.05) is 27.2 Å². The molecule has 1 N–H and O–H groups in total. The van der Waals surface area contributed by atoms with Gasteiger partial charge in [-0.25, -0.2) is 4.98 Å². The highest BCUT2D eigenvalue weighted by Crippen LogP contribution is 2.29. The van der Waals surface area contributed by atoms with Gasteiger partial charge in [0.25, 0.3) is 0 Å². The first-order chi connectivity index (χ1) is 10.2. The molecule has 0 aliphatic rings. The van der Waals surface area contributed by atoms with Crippen LogP contribution in [0.2, 0.25) is 0 Å². The lowest BCUT2D eigenvalue weighted by molar-refractivity contribution is 0.402. The van der Waals surface area contributed by atoms with Gasteiger partial charge in [-0.15, -0.1) is 11.3 Å². The zero-order chi connectivity index (χ0) is 15.1. The fourth-order valence-electron chi connectivity index (χ4n) is 2.23. The second kappa shape index (κ2) is 8.27. The topological polar surface area (TPSA) is 28.2 Å². The summed E-state index contributed by atoms with van der Waals surface area (Å²) in [7, 11) is 4.18. The molecule has 0 unspecified atom stereocenters. The molecule has 1 aromatic heterocycles. The SMILES string of the molecule is CCCNCCc1sc(CN(C)C)nc1-c1ccccc1. The lowest BCUT2D eigenvalue weighted by atomic mass is 10.1. The van der Waals surface area contributed by atoms with E-state index in [4.69, 9.17) is 4.98 Å². The number of hydrogen-bond donors (Lipinski definition) is 1. The average Bonchev–Trinajstić information content (AvgIpc) is 2.86. The minimum atomic E-state index is 0.910. The van der Waals surface area contributed by atoms with Gasteiger partial charge in [0.05, 0.1) is 5.69 Å². The number of thiazole rings is 1. The van der Waals surface area contributed by atoms with E-state index in [0.29, 0.717) is 0 Å². The molecular formula is C17H25N3S. The largest absolute Gasteiger partial charge is 0.316 e. The predicted molar refractivity (Wildman–Crippen MR) is 91.8 cm³/mol. The van der Waals surface area contributed by atoms with Gasteiger partial charge in [0, 0.05) is 23.5 Å². The summed E-state index contributed by atoms with van der Waals surface area (Å²) in [5, 5.41) is 4.68. The van der Waals surface area contributed by atoms with Crippen molar-refractivity contribution in [1.82, 2.24) is 15.2 Å². The van der Waals surface area contributed by atoms with Crippen LogP contribution in [0.5, 0.6) is 0 Å². The summed E-state index contributed by atoms with van der Waals surface area (Å²) >= 11 is 1.85. The molecule has 0 spiro atoms. The molecule has 2 aromatic rings. The van der Waals surface area contributed by atoms with Crippen LogP contribution < -0.4 is 5.32 Å². The molecule has 2 rings (SSSR count). The van der Waals surface area contributed by atoms with Gasteiger partial charge in [0.15, 0.2) is 0 Å². The molecule has 0 saturated heterocycles. The van der Waals surface area contributed by atoms with E-state index in [0.717, 1.165) is 31.7 Å². The van der Waals surface area contributed by atoms with E-state index in [9.17, 15) is 0 Å². The third-order valence-electron chi connectivity index (χ3n) is 3.20. The van der Waals surface area contributed by atoms with Crippen molar-refractivity contribution in [3.8, 4) is 11.3 Å². The van der Waals surface area contributed by atoms with Gasteiger partial charge in [-0.2, -0.15) is 0 Å². The molecule has 0 atom stereocenters. The van der Waals surface area contributed by atoms with E-state index in [1.54, 1.807) is 0 Å². The zero-order valence-corrected chi connectivity index (χ0v) is 14.0. The Hall–Kier alpha value is -1.23. The van der Waals surface area contributed by atoms with Crippen molar-refractivity contribution < 1.29 is 0 Å². The van der Waals surface area contributed by atoms with Gasteiger partial charge in [-0.05, 0) is 33.5 Å². The molecule has 0 aliphatic heterocycles. The van der Waals surface area contributed by atoms with Crippen LogP contribution in [-0.4, -0.2) is 37.1 Å². The first-order valence-electron chi connectivity index (χ1n) is 7.60. The van der Waals surface area contributed by atoms with Gasteiger partial charge < -0.3 is 10.2 Å². The molecule has 4 heteroatoms. The third kappa shape index (κ3) is 4.92. The molecule has 1 aromatic carbocycles. The summed E-state index contributed by atoms with van der Waals surface area (Å²) in [5.41, 5.74) is 2.39. The highest BCUT2D eigenvalue weighted by atomic mass is 32.1. The van der Waals surface area contributed by atoms with E-state index < -0.39 is 0 Å². The Balaban J connectivity index is 2.17. The summed E-state index contributed by atoms with van der Waals surface area (Å²) in [6, 6.07) is 10.5. The molecule has 114 valence electrons. The van der Waals surface area contributed by atoms with Crippen LogP contribution in [0, 0.1) is 0 Å². The predicted octanol–water partition coefficient (Wildman–Crippen LogP) is 3.41. The number of aromatic nitrogens is 1. The van der Waals surface area contributed by atoms with E-state index in [1.165, 1.54) is 21.9 Å². The lowest BCUT2D eigenvalue weighted by Crippen LogP contribution is -2.17. The van der Waals surface area contributed by atoms with E-state index in [1.807, 2.05) is 11.3 Å². The molecule has 0 aliphatic carbocycles. The van der Waals surface area contributed by atoms with Gasteiger partial charge in [0.2, 0.25) is 0 Å². The van der Waals surface area contributed by atoms with Gasteiger partial charge in [0.1, 0.15) is 5.01 Å². The van der Waals surface area contributed by atoms with Crippen molar-refractivity contribution in [2.45, 2.75) is 26.3 Å². The molecular weight excluding hydrogens is 278 g/mol. The van der Waals surface area contributed by atoms with Crippen LogP contribution in [0.15, 0.2) is 30.3 Å². The van der Waals surface area contributed by atoms with Crippen molar-refractivity contribution in [3.63, 3.8) is 0 Å². The quantitative estimate of drug-likeness (QED) is 0.758. The summed E-state index contributed by atoms with van der Waals surface area (Å²) in [6.07, 6.45) is 2.23. The van der Waals surface area contributed by atoms with E-state index >= 15 is 0 Å². The Kier molecular flexibility index (Phi) is 6.36. The molecule has 0 fully saturated rings. The fraction of sp³-hybridized carbons (Fsp3) is 0.471. The molecule has 0 saturated carbocycles. The molecule has 0 radical (unpaired) electrons. The molecule has 0 amide bonds. The number of nitrogens with zero attached hydrogens (tertiary/aromatic N) is 2. The van der Waals surface area contributed by atoms with Crippen LogP contribution in [0.1, 0.15) is 23.2 Å². The normalized spacial score (nSPS) is 11.2. The number of nitrogens with one attached hydrogen (secondary N) is 1. The van der Waals surface area contributed by atoms with Crippen LogP contribution in [0.4, 0.5) is 0 Å². The van der Waals surface area contributed by atoms with Crippen LogP contribution >= 0.6 is 11.3 Å². The van der Waals surface area contributed by atoms with Gasteiger partial charge in [-0.3, -0.25) is 0 Å². The number of hydrogen-bond acceptors (Lipinski definition) is 4. The Morgan fingerprint density at radius 1 is 1.14 bits per heavy atom. The average molecular weight is 303 g/mol. The second-order valence-corrected chi connectivity index (χ2v) is 6.65. The zero-order valence-electron chi connectivity index (χ0n) is 13.2. The van der Waals surface area contributed by atoms with Crippen molar-refractivity contribution >= 4 is 11.3 Å². The highest BCUT2D eigenvalue weighted by Gasteiger charge is 2.13.